The van der Waals surface area contributed by atoms with Gasteiger partial charge < -0.3 is 34.2 Å². The Morgan fingerprint density at radius 3 is 0.832 bits per heavy atom. The third kappa shape index (κ3) is 82.5. The Balaban J connectivity index is 4.44. The number of aliphatic hydroxyl groups excluding tert-OH is 2. The Bertz CT molecular complexity index is 2480. The monoisotopic (exact) mass is 1540 g/mol. The fraction of sp³-hybridized carbons (Fsp3) is 0.719. The van der Waals surface area contributed by atoms with Crippen LogP contribution in [0.15, 0.2) is 134 Å². The second-order valence-corrected chi connectivity index (χ2v) is 31.2. The lowest BCUT2D eigenvalue weighted by Gasteiger charge is -2.21. The van der Waals surface area contributed by atoms with Crippen molar-refractivity contribution in [2.45, 2.75) is 373 Å². The molecule has 5 atom stereocenters. The predicted molar refractivity (Wildman–Crippen MR) is 445 cm³/mol. The van der Waals surface area contributed by atoms with Gasteiger partial charge in [0.05, 0.1) is 26.4 Å². The van der Waals surface area contributed by atoms with Crippen LogP contribution in [0, 0.1) is 0 Å². The van der Waals surface area contributed by atoms with Gasteiger partial charge in [0.1, 0.15) is 25.4 Å². The van der Waals surface area contributed by atoms with Gasteiger partial charge in [-0.1, -0.05) is 328 Å². The molecule has 0 rings (SSSR count). The number of hydrogen-bond donors (Lipinski definition) is 4. The molecule has 0 aromatic carbocycles. The van der Waals surface area contributed by atoms with Gasteiger partial charge in [-0.15, -0.1) is 0 Å². The van der Waals surface area contributed by atoms with Crippen LogP contribution < -0.4 is 0 Å². The number of ether oxygens (including phenoxy) is 3. The zero-order valence-electron chi connectivity index (χ0n) is 67.5. The van der Waals surface area contributed by atoms with E-state index >= 15 is 0 Å². The zero-order chi connectivity index (χ0) is 78.0. The van der Waals surface area contributed by atoms with E-state index in [-0.39, 0.29) is 19.3 Å². The van der Waals surface area contributed by atoms with Crippen molar-refractivity contribution in [3.05, 3.63) is 134 Å². The van der Waals surface area contributed by atoms with E-state index in [0.717, 1.165) is 128 Å². The van der Waals surface area contributed by atoms with Gasteiger partial charge in [-0.2, -0.15) is 0 Å². The van der Waals surface area contributed by atoms with Crippen LogP contribution in [-0.2, 0) is 55.8 Å². The van der Waals surface area contributed by atoms with Gasteiger partial charge in [0, 0.05) is 19.3 Å². The average molecular weight is 1540 g/mol. The molecule has 616 valence electrons. The molecule has 107 heavy (non-hydrogen) atoms. The molecule has 0 aliphatic heterocycles. The van der Waals surface area contributed by atoms with Gasteiger partial charge in [-0.25, -0.2) is 9.13 Å². The summed E-state index contributed by atoms with van der Waals surface area (Å²) in [5, 5.41) is 20.7. The summed E-state index contributed by atoms with van der Waals surface area (Å²) in [7, 11) is -9.81. The summed E-state index contributed by atoms with van der Waals surface area (Å²) in [6.45, 7) is 2.50. The van der Waals surface area contributed by atoms with Gasteiger partial charge in [-0.3, -0.25) is 32.5 Å². The molecule has 18 heteroatoms. The number of carbonyl (C=O) groups excluding carboxylic acids is 3. The Labute approximate surface area is 652 Å². The van der Waals surface area contributed by atoms with E-state index in [4.69, 9.17) is 32.3 Å². The second kappa shape index (κ2) is 81.2. The van der Waals surface area contributed by atoms with E-state index in [1.54, 1.807) is 0 Å². The second-order valence-electron chi connectivity index (χ2n) is 28.2. The van der Waals surface area contributed by atoms with Crippen LogP contribution in [0.2, 0.25) is 0 Å². The minimum Gasteiger partial charge on any atom is -0.463 e. The normalized spacial score (nSPS) is 14.6. The number of carbonyl (C=O) groups is 3. The highest BCUT2D eigenvalue weighted by Gasteiger charge is 2.29. The number of phosphoric ester groups is 2. The Morgan fingerprint density at radius 1 is 0.271 bits per heavy atom. The first-order valence-corrected chi connectivity index (χ1v) is 45.5. The van der Waals surface area contributed by atoms with Gasteiger partial charge >= 0.3 is 33.6 Å². The van der Waals surface area contributed by atoms with Crippen molar-refractivity contribution in [3.63, 3.8) is 0 Å². The van der Waals surface area contributed by atoms with Crippen LogP contribution in [0.5, 0.6) is 0 Å². The van der Waals surface area contributed by atoms with E-state index in [1.165, 1.54) is 167 Å². The maximum absolute atomic E-state index is 13.0. The zero-order valence-corrected chi connectivity index (χ0v) is 69.3. The van der Waals surface area contributed by atoms with Crippen molar-refractivity contribution < 1.29 is 75.8 Å². The van der Waals surface area contributed by atoms with E-state index < -0.39 is 91.5 Å². The number of hydrogen-bond acceptors (Lipinski definition) is 14. The molecule has 0 aliphatic carbocycles. The third-order valence-corrected chi connectivity index (χ3v) is 19.7. The summed E-state index contributed by atoms with van der Waals surface area (Å²) < 4.78 is 61.2. The highest BCUT2D eigenvalue weighted by Crippen LogP contribution is 2.45. The number of rotatable bonds is 80. The van der Waals surface area contributed by atoms with Gasteiger partial charge in [-0.05, 0) is 141 Å². The molecule has 0 saturated carbocycles. The number of unbranched alkanes of at least 4 members (excludes halogenated alkanes) is 35. The first-order valence-electron chi connectivity index (χ1n) is 42.5. The van der Waals surface area contributed by atoms with Gasteiger partial charge in [0.15, 0.2) is 6.10 Å². The molecule has 0 aliphatic rings. The molecule has 0 aromatic rings. The topological polar surface area (TPSA) is 231 Å². The van der Waals surface area contributed by atoms with Crippen molar-refractivity contribution in [1.29, 1.82) is 0 Å². The fourth-order valence-corrected chi connectivity index (χ4v) is 13.0. The highest BCUT2D eigenvalue weighted by molar-refractivity contribution is 7.47. The van der Waals surface area contributed by atoms with Crippen molar-refractivity contribution in [2.75, 3.05) is 39.6 Å². The number of esters is 3. The molecular weight excluding hydrogens is 1390 g/mol. The molecule has 0 radical (unpaired) electrons. The SMILES string of the molecule is CC/C=C\C/C=C\C/C=C\C/C=C\C/C=C\C/C=C\CCCCC(=O)OCC(COP(=O)(O)OCC(O)COP(=O)(O)OCC(O)COC(=O)CCCCCCCCCCCCCCCCCCCCC/C=C\C/C=C\C/C=C\C/C=C\CCCCC)OC(=O)CCCCCCC/C=C\CCCCCCCC. The van der Waals surface area contributed by atoms with Crippen molar-refractivity contribution in [2.24, 2.45) is 0 Å². The van der Waals surface area contributed by atoms with Crippen LogP contribution in [0.3, 0.4) is 0 Å². The minimum atomic E-state index is -4.94. The molecule has 0 heterocycles. The van der Waals surface area contributed by atoms with E-state index in [9.17, 15) is 43.5 Å². The van der Waals surface area contributed by atoms with E-state index in [2.05, 4.69) is 154 Å². The van der Waals surface area contributed by atoms with Crippen LogP contribution in [0.1, 0.15) is 355 Å². The standard InChI is InChI=1S/C89H154O16P2/c1-4-7-10-13-16-19-22-25-28-30-32-34-35-36-37-38-39-40-41-42-43-44-45-46-47-49-51-52-55-57-60-63-66-69-72-75-87(92)99-78-84(90)79-101-106(95,96)102-80-85(91)81-103-107(97,98)104-83-86(105-89(94)77-74-71-68-65-62-59-54-27-24-21-18-15-12-9-6-3)82-100-88(93)76-73-70-67-64-61-58-56-53-50-48-33-31-29-26-23-20-17-14-11-8-5-2/h8,11,16-17,19-20,25-29,32-34,36-37,48,53-54,56,61,64,84-86,90-91H,4-7,9-10,12-15,18,21-24,30-31,35,38-47,49-52,55,57-60,62-63,65-83H2,1-3H3,(H,95,96)(H,97,98)/b11-8-,19-16-,20-17-,28-25-,29-26-,34-32-,37-36-,48-33-,54-27-,56-53-,64-61-. The Hall–Kier alpha value is -4.31. The van der Waals surface area contributed by atoms with Gasteiger partial charge in [0.2, 0.25) is 0 Å². The summed E-state index contributed by atoms with van der Waals surface area (Å²) in [5.41, 5.74) is 0. The molecule has 0 spiro atoms. The molecule has 0 bridgehead atoms. The summed E-state index contributed by atoms with van der Waals surface area (Å²) in [5.74, 6) is -1.63. The van der Waals surface area contributed by atoms with E-state index in [0.29, 0.717) is 19.3 Å². The quantitative estimate of drug-likeness (QED) is 0.0146. The first-order chi connectivity index (χ1) is 52.2. The van der Waals surface area contributed by atoms with Crippen LogP contribution in [-0.4, -0.2) is 95.9 Å². The third-order valence-electron chi connectivity index (χ3n) is 17.8. The molecule has 0 fully saturated rings. The molecule has 0 aromatic heterocycles. The largest absolute Gasteiger partial charge is 0.472 e. The summed E-state index contributed by atoms with van der Waals surface area (Å²) in [6.07, 6.45) is 99.5. The molecule has 5 unspecified atom stereocenters. The summed E-state index contributed by atoms with van der Waals surface area (Å²) >= 11 is 0. The highest BCUT2D eigenvalue weighted by atomic mass is 31.2. The van der Waals surface area contributed by atoms with Crippen molar-refractivity contribution >= 4 is 33.6 Å². The van der Waals surface area contributed by atoms with Crippen LogP contribution >= 0.6 is 15.6 Å². The van der Waals surface area contributed by atoms with E-state index in [1.807, 2.05) is 0 Å². The molecule has 16 nitrogen and oxygen atoms in total. The molecule has 0 amide bonds. The Kier molecular flexibility index (Phi) is 77.9. The number of aliphatic hydroxyl groups is 2. The number of allylic oxidation sites excluding steroid dienone is 22. The summed E-state index contributed by atoms with van der Waals surface area (Å²) in [4.78, 5) is 58.7. The fourth-order valence-electron chi connectivity index (χ4n) is 11.4. The summed E-state index contributed by atoms with van der Waals surface area (Å²) in [6, 6.07) is 0. The maximum Gasteiger partial charge on any atom is 0.472 e. The van der Waals surface area contributed by atoms with Crippen molar-refractivity contribution in [1.82, 2.24) is 0 Å². The first kappa shape index (κ1) is 103. The Morgan fingerprint density at radius 2 is 0.495 bits per heavy atom. The van der Waals surface area contributed by atoms with Crippen molar-refractivity contribution in [3.8, 4) is 0 Å². The molecule has 4 N–H and O–H groups in total. The van der Waals surface area contributed by atoms with Crippen LogP contribution in [0.4, 0.5) is 0 Å². The molecule has 0 saturated heterocycles. The van der Waals surface area contributed by atoms with Gasteiger partial charge in [0.25, 0.3) is 0 Å². The average Bonchev–Trinajstić information content (AvgIpc) is 1.01. The lowest BCUT2D eigenvalue weighted by atomic mass is 10.0. The minimum absolute atomic E-state index is 0.0828. The smallest absolute Gasteiger partial charge is 0.463 e. The van der Waals surface area contributed by atoms with Crippen LogP contribution in [0.25, 0.3) is 0 Å². The number of phosphoric acid groups is 2. The lowest BCUT2D eigenvalue weighted by molar-refractivity contribution is -0.161. The molecular formula is C89H154O16P2. The maximum atomic E-state index is 13.0. The predicted octanol–water partition coefficient (Wildman–Crippen LogP) is 25.4. The lowest BCUT2D eigenvalue weighted by Crippen LogP contribution is -2.30.